The summed E-state index contributed by atoms with van der Waals surface area (Å²) in [5.41, 5.74) is -1.44. The van der Waals surface area contributed by atoms with Gasteiger partial charge in [0.2, 0.25) is 0 Å². The van der Waals surface area contributed by atoms with Gasteiger partial charge in [-0.15, -0.1) is 0 Å². The van der Waals surface area contributed by atoms with Crippen molar-refractivity contribution in [2.45, 2.75) is 19.3 Å². The van der Waals surface area contributed by atoms with Crippen LogP contribution in [0.4, 0.5) is 0 Å². The molecule has 5 nitrogen and oxygen atoms in total. The summed E-state index contributed by atoms with van der Waals surface area (Å²) in [6.07, 6.45) is 1.26. The molecule has 6 heteroatoms. The predicted molar refractivity (Wildman–Crippen MR) is 43.0 cm³/mol. The van der Waals surface area contributed by atoms with E-state index in [0.717, 1.165) is 0 Å². The molecule has 5 N–H and O–H groups in total. The van der Waals surface area contributed by atoms with Crippen molar-refractivity contribution in [3.05, 3.63) is 7.43 Å². The van der Waals surface area contributed by atoms with Crippen LogP contribution in [-0.4, -0.2) is 22.2 Å². The van der Waals surface area contributed by atoms with Crippen LogP contribution in [0.1, 0.15) is 19.3 Å². The van der Waals surface area contributed by atoms with Crippen LogP contribution in [0.2, 0.25) is 0 Å². The third-order valence-corrected chi connectivity index (χ3v) is 2.03. The number of carboxylic acid groups (broad SMARTS) is 2. The van der Waals surface area contributed by atoms with Gasteiger partial charge >= 0.3 is 11.9 Å². The molecule has 13 heavy (non-hydrogen) atoms. The monoisotopic (exact) mass is 371 g/mol. The Morgan fingerprint density at radius 3 is 1.38 bits per heavy atom. The second-order valence-electron chi connectivity index (χ2n) is 2.55. The van der Waals surface area contributed by atoms with Gasteiger partial charge in [-0.3, -0.25) is 9.59 Å². The zero-order valence-corrected chi connectivity index (χ0v) is 9.63. The molecule has 80 valence electrons. The van der Waals surface area contributed by atoms with Crippen molar-refractivity contribution in [1.82, 2.24) is 6.15 Å². The van der Waals surface area contributed by atoms with Crippen molar-refractivity contribution in [3.8, 4) is 0 Å². The maximum Gasteiger partial charge on any atom is 0.321 e. The summed E-state index contributed by atoms with van der Waals surface area (Å²) >= 11 is 0. The molecule has 0 saturated heterocycles. The first-order valence-corrected chi connectivity index (χ1v) is 3.06. The van der Waals surface area contributed by atoms with Gasteiger partial charge in [0.15, 0.2) is 5.41 Å². The first-order chi connectivity index (χ1) is 4.59. The Morgan fingerprint density at radius 2 is 1.38 bits per heavy atom. The van der Waals surface area contributed by atoms with Crippen molar-refractivity contribution in [3.63, 3.8) is 0 Å². The van der Waals surface area contributed by atoms with Crippen LogP contribution in [0.3, 0.4) is 0 Å². The Balaban J connectivity index is -0.000000333. The molecule has 1 saturated carbocycles. The Labute approximate surface area is 91.4 Å². The molecule has 0 aromatic carbocycles. The fourth-order valence-electron chi connectivity index (χ4n) is 1.05. The Bertz CT molecular complexity index is 175. The fourth-order valence-corrected chi connectivity index (χ4v) is 1.05. The molecule has 0 spiro atoms. The molecular formula is C7H14NO4Pt+. The van der Waals surface area contributed by atoms with E-state index < -0.39 is 17.4 Å². The summed E-state index contributed by atoms with van der Waals surface area (Å²) in [5.74, 6) is -2.41. The normalized spacial score (nSPS) is 16.3. The summed E-state index contributed by atoms with van der Waals surface area (Å²) in [7, 11) is 0. The first kappa shape index (κ1) is 18.3. The van der Waals surface area contributed by atoms with E-state index in [-0.39, 0.29) is 47.5 Å². The van der Waals surface area contributed by atoms with E-state index >= 15 is 0 Å². The number of hydrogen-bond donors (Lipinski definition) is 3. The maximum atomic E-state index is 10.4. The smallest absolute Gasteiger partial charge is 0.321 e. The van der Waals surface area contributed by atoms with Gasteiger partial charge < -0.3 is 16.4 Å². The van der Waals surface area contributed by atoms with E-state index in [4.69, 9.17) is 10.2 Å². The zero-order chi connectivity index (χ0) is 7.78. The number of carbonyl (C=O) groups is 2. The van der Waals surface area contributed by atoms with Crippen LogP contribution in [0.25, 0.3) is 0 Å². The van der Waals surface area contributed by atoms with Crippen LogP contribution >= 0.6 is 0 Å². The van der Waals surface area contributed by atoms with Gasteiger partial charge in [-0.1, -0.05) is 0 Å². The van der Waals surface area contributed by atoms with Gasteiger partial charge in [0, 0.05) is 28.5 Å². The molecule has 0 atom stereocenters. The fraction of sp³-hybridized carbons (Fsp3) is 0.571. The van der Waals surface area contributed by atoms with Gasteiger partial charge in [0.25, 0.3) is 0 Å². The molecule has 0 aromatic heterocycles. The molecule has 1 aliphatic rings. The van der Waals surface area contributed by atoms with E-state index in [9.17, 15) is 9.59 Å². The predicted octanol–water partition coefficient (Wildman–Crippen LogP) is 0.936. The molecule has 0 unspecified atom stereocenters. The average Bonchev–Trinajstić information content (AvgIpc) is 1.57. The number of rotatable bonds is 2. The third kappa shape index (κ3) is 2.71. The zero-order valence-electron chi connectivity index (χ0n) is 7.36. The van der Waals surface area contributed by atoms with Crippen molar-refractivity contribution in [2.24, 2.45) is 5.41 Å². The van der Waals surface area contributed by atoms with Crippen LogP contribution in [0, 0.1) is 12.8 Å². The van der Waals surface area contributed by atoms with Crippen molar-refractivity contribution in [2.75, 3.05) is 0 Å². The Morgan fingerprint density at radius 1 is 1.08 bits per heavy atom. The van der Waals surface area contributed by atoms with E-state index in [2.05, 4.69) is 0 Å². The molecule has 0 amide bonds. The minimum atomic E-state index is -1.44. The van der Waals surface area contributed by atoms with Gasteiger partial charge in [0.05, 0.1) is 0 Å². The number of aliphatic carboxylic acids is 2. The standard InChI is InChI=1S/C6H8O4.CH3.H3N.Pt/c7-4(8)6(5(9)10)2-1-3-6;;;/h1-3H2,(H,7,8)(H,9,10);2*1H3;/q;+1;;. The summed E-state index contributed by atoms with van der Waals surface area (Å²) in [5, 5.41) is 16.9. The summed E-state index contributed by atoms with van der Waals surface area (Å²) in [6.45, 7) is 0. The van der Waals surface area contributed by atoms with Crippen LogP contribution < -0.4 is 6.15 Å². The van der Waals surface area contributed by atoms with Crippen LogP contribution in [0.15, 0.2) is 0 Å². The largest absolute Gasteiger partial charge is 0.480 e. The van der Waals surface area contributed by atoms with Gasteiger partial charge in [-0.05, 0) is 19.3 Å². The summed E-state index contributed by atoms with van der Waals surface area (Å²) in [4.78, 5) is 20.7. The van der Waals surface area contributed by atoms with E-state index in [0.29, 0.717) is 6.42 Å². The van der Waals surface area contributed by atoms with E-state index in [1.165, 1.54) is 0 Å². The topological polar surface area (TPSA) is 110 Å². The molecule has 0 bridgehead atoms. The van der Waals surface area contributed by atoms with Crippen molar-refractivity contribution < 1.29 is 40.9 Å². The third-order valence-electron chi connectivity index (χ3n) is 2.03. The second kappa shape index (κ2) is 6.00. The molecule has 1 rings (SSSR count). The number of carboxylic acids is 2. The maximum absolute atomic E-state index is 10.4. The molecule has 0 heterocycles. The quantitative estimate of drug-likeness (QED) is 0.494. The summed E-state index contributed by atoms with van der Waals surface area (Å²) in [6, 6.07) is 0. The SMILES string of the molecule is N.O=C(O)C1(C(=O)O)CCC1.[CH3+].[Pt]. The van der Waals surface area contributed by atoms with Gasteiger partial charge in [0.1, 0.15) is 0 Å². The van der Waals surface area contributed by atoms with Gasteiger partial charge in [-0.25, -0.2) is 0 Å². The molecule has 1 fully saturated rings. The number of hydrogen-bond acceptors (Lipinski definition) is 3. The first-order valence-electron chi connectivity index (χ1n) is 3.06. The van der Waals surface area contributed by atoms with E-state index in [1.54, 1.807) is 0 Å². The van der Waals surface area contributed by atoms with Crippen LogP contribution in [-0.2, 0) is 30.7 Å². The molecular weight excluding hydrogens is 357 g/mol. The van der Waals surface area contributed by atoms with Crippen molar-refractivity contribution >= 4 is 11.9 Å². The molecule has 1 aliphatic carbocycles. The molecule has 0 radical (unpaired) electrons. The Hall–Kier alpha value is -0.542. The minimum absolute atomic E-state index is 0. The summed E-state index contributed by atoms with van der Waals surface area (Å²) < 4.78 is 0. The molecule has 0 aromatic rings. The molecule has 0 aliphatic heterocycles. The average molecular weight is 371 g/mol. The Kier molecular flexibility index (Phi) is 8.43. The van der Waals surface area contributed by atoms with Crippen molar-refractivity contribution in [1.29, 1.82) is 0 Å². The van der Waals surface area contributed by atoms with Gasteiger partial charge in [-0.2, -0.15) is 0 Å². The second-order valence-corrected chi connectivity index (χ2v) is 2.55. The van der Waals surface area contributed by atoms with E-state index in [1.807, 2.05) is 0 Å². The van der Waals surface area contributed by atoms with Crippen LogP contribution in [0.5, 0.6) is 0 Å². The minimum Gasteiger partial charge on any atom is -0.480 e.